The molecule has 7 heteroatoms. The van der Waals surface area contributed by atoms with Gasteiger partial charge in [-0.3, -0.25) is 14.9 Å². The van der Waals surface area contributed by atoms with Gasteiger partial charge in [-0.25, -0.2) is 4.79 Å². The molecule has 0 rings (SSSR count). The lowest BCUT2D eigenvalue weighted by Gasteiger charge is -2.21. The fourth-order valence-corrected chi connectivity index (χ4v) is 2.62. The van der Waals surface area contributed by atoms with Gasteiger partial charge in [-0.15, -0.1) is 0 Å². The van der Waals surface area contributed by atoms with Gasteiger partial charge in [-0.2, -0.15) is 11.8 Å². The number of carbonyl (C=O) groups is 3. The molecule has 6 nitrogen and oxygen atoms in total. The van der Waals surface area contributed by atoms with Crippen molar-refractivity contribution in [3.8, 4) is 0 Å². The summed E-state index contributed by atoms with van der Waals surface area (Å²) in [5.41, 5.74) is -0.681. The van der Waals surface area contributed by atoms with E-state index >= 15 is 0 Å². The van der Waals surface area contributed by atoms with Crippen molar-refractivity contribution in [2.24, 2.45) is 5.41 Å². The van der Waals surface area contributed by atoms with Gasteiger partial charge in [0.25, 0.3) is 0 Å². The van der Waals surface area contributed by atoms with Crippen molar-refractivity contribution in [1.29, 1.82) is 0 Å². The van der Waals surface area contributed by atoms with Gasteiger partial charge in [0.15, 0.2) is 0 Å². The maximum Gasteiger partial charge on any atom is 0.321 e. The average Bonchev–Trinajstić information content (AvgIpc) is 2.25. The largest absolute Gasteiger partial charge is 0.481 e. The standard InChI is InChI=1S/C14H26N2O4S/c1-5-21-7-6-10(2)15-13(20)16-11(17)8-14(3,4)9-12(18)19/h10H,5-9H2,1-4H3,(H,18,19)(H2,15,16,17,20). The summed E-state index contributed by atoms with van der Waals surface area (Å²) in [7, 11) is 0. The summed E-state index contributed by atoms with van der Waals surface area (Å²) in [5.74, 6) is 0.571. The minimum absolute atomic E-state index is 0.00716. The lowest BCUT2D eigenvalue weighted by atomic mass is 9.85. The summed E-state index contributed by atoms with van der Waals surface area (Å²) < 4.78 is 0. The first-order valence-corrected chi connectivity index (χ1v) is 8.21. The Bertz CT molecular complexity index is 372. The predicted molar refractivity (Wildman–Crippen MR) is 84.4 cm³/mol. The average molecular weight is 318 g/mol. The molecule has 1 atom stereocenters. The molecule has 0 aliphatic rings. The first-order valence-electron chi connectivity index (χ1n) is 7.06. The number of thioether (sulfide) groups is 1. The first-order chi connectivity index (χ1) is 9.66. The Balaban J connectivity index is 4.09. The number of carbonyl (C=O) groups excluding carboxylic acids is 2. The van der Waals surface area contributed by atoms with Crippen LogP contribution < -0.4 is 10.6 Å². The Hall–Kier alpha value is -1.24. The van der Waals surface area contributed by atoms with Gasteiger partial charge in [-0.1, -0.05) is 20.8 Å². The highest BCUT2D eigenvalue weighted by Crippen LogP contribution is 2.24. The van der Waals surface area contributed by atoms with E-state index in [2.05, 4.69) is 17.6 Å². The highest BCUT2D eigenvalue weighted by atomic mass is 32.2. The molecule has 0 saturated heterocycles. The van der Waals surface area contributed by atoms with Gasteiger partial charge >= 0.3 is 12.0 Å². The molecule has 0 spiro atoms. The van der Waals surface area contributed by atoms with E-state index in [9.17, 15) is 14.4 Å². The third-order valence-corrected chi connectivity index (χ3v) is 3.73. The van der Waals surface area contributed by atoms with Crippen LogP contribution in [0, 0.1) is 5.41 Å². The molecule has 1 unspecified atom stereocenters. The summed E-state index contributed by atoms with van der Waals surface area (Å²) in [6.45, 7) is 7.33. The van der Waals surface area contributed by atoms with E-state index in [-0.39, 0.29) is 18.9 Å². The maximum atomic E-state index is 11.7. The molecule has 21 heavy (non-hydrogen) atoms. The molecule has 0 fully saturated rings. The molecular weight excluding hydrogens is 292 g/mol. The molecule has 0 aromatic carbocycles. The van der Waals surface area contributed by atoms with E-state index in [1.54, 1.807) is 25.6 Å². The zero-order valence-electron chi connectivity index (χ0n) is 13.2. The Morgan fingerprint density at radius 2 is 1.86 bits per heavy atom. The van der Waals surface area contributed by atoms with Crippen LogP contribution in [0.1, 0.15) is 47.0 Å². The van der Waals surface area contributed by atoms with Crippen LogP contribution in [0.25, 0.3) is 0 Å². The molecule has 3 amide bonds. The fraction of sp³-hybridized carbons (Fsp3) is 0.786. The normalized spacial score (nSPS) is 12.6. The number of urea groups is 1. The van der Waals surface area contributed by atoms with Crippen molar-refractivity contribution in [1.82, 2.24) is 10.6 Å². The summed E-state index contributed by atoms with van der Waals surface area (Å²) >= 11 is 1.80. The van der Waals surface area contributed by atoms with Gasteiger partial charge in [-0.05, 0) is 30.3 Å². The zero-order chi connectivity index (χ0) is 16.5. The number of carboxylic acid groups (broad SMARTS) is 1. The van der Waals surface area contributed by atoms with Crippen molar-refractivity contribution in [3.05, 3.63) is 0 Å². The Labute approximate surface area is 130 Å². The number of nitrogens with one attached hydrogen (secondary N) is 2. The number of hydrogen-bond donors (Lipinski definition) is 3. The molecule has 0 heterocycles. The van der Waals surface area contributed by atoms with Gasteiger partial charge in [0.05, 0.1) is 6.42 Å². The van der Waals surface area contributed by atoms with Crippen LogP contribution in [0.15, 0.2) is 0 Å². The van der Waals surface area contributed by atoms with Crippen molar-refractivity contribution in [3.63, 3.8) is 0 Å². The second-order valence-corrected chi connectivity index (χ2v) is 7.21. The van der Waals surface area contributed by atoms with Gasteiger partial charge in [0.1, 0.15) is 0 Å². The van der Waals surface area contributed by atoms with Crippen molar-refractivity contribution < 1.29 is 19.5 Å². The van der Waals surface area contributed by atoms with Crippen LogP contribution in [-0.4, -0.2) is 40.6 Å². The lowest BCUT2D eigenvalue weighted by Crippen LogP contribution is -2.44. The number of rotatable bonds is 9. The number of imide groups is 1. The minimum atomic E-state index is -0.959. The zero-order valence-corrected chi connectivity index (χ0v) is 14.0. The van der Waals surface area contributed by atoms with Crippen LogP contribution in [0.4, 0.5) is 4.79 Å². The molecular formula is C14H26N2O4S. The topological polar surface area (TPSA) is 95.5 Å². The third kappa shape index (κ3) is 11.1. The molecule has 0 radical (unpaired) electrons. The van der Waals surface area contributed by atoms with Crippen LogP contribution in [0.5, 0.6) is 0 Å². The van der Waals surface area contributed by atoms with Crippen LogP contribution in [0.2, 0.25) is 0 Å². The van der Waals surface area contributed by atoms with Crippen LogP contribution in [0.3, 0.4) is 0 Å². The van der Waals surface area contributed by atoms with E-state index in [1.165, 1.54) is 0 Å². The number of hydrogen-bond acceptors (Lipinski definition) is 4. The quantitative estimate of drug-likeness (QED) is 0.567. The molecule has 3 N–H and O–H groups in total. The van der Waals surface area contributed by atoms with E-state index in [0.717, 1.165) is 17.9 Å². The van der Waals surface area contributed by atoms with Crippen molar-refractivity contribution in [2.75, 3.05) is 11.5 Å². The van der Waals surface area contributed by atoms with Gasteiger partial charge < -0.3 is 10.4 Å². The molecule has 0 aliphatic heterocycles. The molecule has 0 aromatic rings. The van der Waals surface area contributed by atoms with Crippen molar-refractivity contribution in [2.45, 2.75) is 53.0 Å². The second-order valence-electron chi connectivity index (χ2n) is 5.82. The Morgan fingerprint density at radius 3 is 2.38 bits per heavy atom. The van der Waals surface area contributed by atoms with Gasteiger partial charge in [0.2, 0.25) is 5.91 Å². The van der Waals surface area contributed by atoms with Gasteiger partial charge in [0, 0.05) is 12.5 Å². The van der Waals surface area contributed by atoms with E-state index in [1.807, 2.05) is 6.92 Å². The molecule has 0 saturated carbocycles. The number of amides is 3. The minimum Gasteiger partial charge on any atom is -0.481 e. The summed E-state index contributed by atoms with van der Waals surface area (Å²) in [6, 6.07) is -0.538. The summed E-state index contributed by atoms with van der Waals surface area (Å²) in [4.78, 5) is 34.0. The molecule has 0 bridgehead atoms. The monoisotopic (exact) mass is 318 g/mol. The van der Waals surface area contributed by atoms with Crippen molar-refractivity contribution >= 4 is 29.7 Å². The summed E-state index contributed by atoms with van der Waals surface area (Å²) in [5, 5.41) is 13.7. The smallest absolute Gasteiger partial charge is 0.321 e. The number of carboxylic acids is 1. The maximum absolute atomic E-state index is 11.7. The molecule has 0 aliphatic carbocycles. The van der Waals surface area contributed by atoms with Crippen LogP contribution >= 0.6 is 11.8 Å². The first kappa shape index (κ1) is 19.8. The van der Waals surface area contributed by atoms with E-state index in [4.69, 9.17) is 5.11 Å². The SMILES string of the molecule is CCSCCC(C)NC(=O)NC(=O)CC(C)(C)CC(=O)O. The highest BCUT2D eigenvalue weighted by Gasteiger charge is 2.26. The van der Waals surface area contributed by atoms with E-state index in [0.29, 0.717) is 0 Å². The second kappa shape index (κ2) is 9.65. The van der Waals surface area contributed by atoms with E-state index < -0.39 is 23.3 Å². The molecule has 0 aromatic heterocycles. The predicted octanol–water partition coefficient (Wildman–Crippen LogP) is 2.23. The summed E-state index contributed by atoms with van der Waals surface area (Å²) in [6.07, 6.45) is 0.712. The third-order valence-electron chi connectivity index (χ3n) is 2.80. The number of aliphatic carboxylic acids is 1. The lowest BCUT2D eigenvalue weighted by molar-refractivity contribution is -0.139. The highest BCUT2D eigenvalue weighted by molar-refractivity contribution is 7.99. The Kier molecular flexibility index (Phi) is 9.08. The Morgan fingerprint density at radius 1 is 1.24 bits per heavy atom. The fourth-order valence-electron chi connectivity index (χ4n) is 1.81. The van der Waals surface area contributed by atoms with Crippen LogP contribution in [-0.2, 0) is 9.59 Å². The molecule has 122 valence electrons.